The van der Waals surface area contributed by atoms with Gasteiger partial charge in [0.1, 0.15) is 11.6 Å². The van der Waals surface area contributed by atoms with E-state index in [4.69, 9.17) is 10.5 Å². The molecule has 2 N–H and O–H groups in total. The highest BCUT2D eigenvalue weighted by Crippen LogP contribution is 2.26. The lowest BCUT2D eigenvalue weighted by molar-refractivity contribution is 0.415. The summed E-state index contributed by atoms with van der Waals surface area (Å²) in [6, 6.07) is 5.71. The summed E-state index contributed by atoms with van der Waals surface area (Å²) < 4.78 is 5.20. The second-order valence-corrected chi connectivity index (χ2v) is 4.84. The summed E-state index contributed by atoms with van der Waals surface area (Å²) in [7, 11) is 1.64. The van der Waals surface area contributed by atoms with Crippen molar-refractivity contribution in [3.8, 4) is 5.75 Å². The van der Waals surface area contributed by atoms with Crippen LogP contribution in [-0.2, 0) is 0 Å². The fraction of sp³-hybridized carbons (Fsp3) is 0.429. The van der Waals surface area contributed by atoms with Crippen LogP contribution in [0.1, 0.15) is 19.3 Å². The van der Waals surface area contributed by atoms with Crippen LogP contribution in [0.25, 0.3) is 10.9 Å². The summed E-state index contributed by atoms with van der Waals surface area (Å²) in [6.07, 6.45) is 3.69. The number of fused-ring (bicyclic) bond motifs is 1. The molecule has 5 nitrogen and oxygen atoms in total. The fourth-order valence-electron chi connectivity index (χ4n) is 2.48. The summed E-state index contributed by atoms with van der Waals surface area (Å²) in [6.45, 7) is 2.03. The molecule has 0 atom stereocenters. The molecule has 0 amide bonds. The maximum atomic E-state index is 6.05. The quantitative estimate of drug-likeness (QED) is 0.894. The number of anilines is 2. The lowest BCUT2D eigenvalue weighted by Crippen LogP contribution is -2.31. The van der Waals surface area contributed by atoms with Crippen LogP contribution in [-0.4, -0.2) is 30.2 Å². The number of hydrogen-bond donors (Lipinski definition) is 1. The zero-order valence-electron chi connectivity index (χ0n) is 11.1. The van der Waals surface area contributed by atoms with E-state index in [9.17, 15) is 0 Å². The summed E-state index contributed by atoms with van der Waals surface area (Å²) >= 11 is 0. The second kappa shape index (κ2) is 4.91. The van der Waals surface area contributed by atoms with Crippen LogP contribution in [0.3, 0.4) is 0 Å². The number of nitrogen functional groups attached to an aromatic ring is 1. The lowest BCUT2D eigenvalue weighted by Gasteiger charge is -2.26. The third-order valence-electron chi connectivity index (χ3n) is 3.56. The normalized spacial score (nSPS) is 15.7. The molecule has 100 valence electrons. The van der Waals surface area contributed by atoms with Gasteiger partial charge in [-0.15, -0.1) is 0 Å². The molecule has 2 aromatic rings. The van der Waals surface area contributed by atoms with E-state index in [-0.39, 0.29) is 0 Å². The summed E-state index contributed by atoms with van der Waals surface area (Å²) in [5, 5.41) is 0.847. The minimum atomic E-state index is 0.518. The van der Waals surface area contributed by atoms with Gasteiger partial charge in [-0.1, -0.05) is 0 Å². The average Bonchev–Trinajstić information content (AvgIpc) is 2.48. The average molecular weight is 258 g/mol. The molecule has 1 aliphatic heterocycles. The van der Waals surface area contributed by atoms with E-state index in [0.29, 0.717) is 5.82 Å². The van der Waals surface area contributed by atoms with Gasteiger partial charge >= 0.3 is 0 Å². The first kappa shape index (κ1) is 12.0. The van der Waals surface area contributed by atoms with E-state index in [1.165, 1.54) is 19.3 Å². The molecule has 0 bridgehead atoms. The van der Waals surface area contributed by atoms with Gasteiger partial charge in [-0.2, -0.15) is 4.98 Å². The van der Waals surface area contributed by atoms with E-state index < -0.39 is 0 Å². The minimum absolute atomic E-state index is 0.518. The van der Waals surface area contributed by atoms with Crippen molar-refractivity contribution >= 4 is 22.7 Å². The summed E-state index contributed by atoms with van der Waals surface area (Å²) in [4.78, 5) is 11.3. The zero-order valence-corrected chi connectivity index (χ0v) is 11.1. The molecule has 5 heteroatoms. The highest BCUT2D eigenvalue weighted by atomic mass is 16.5. The molecule has 19 heavy (non-hydrogen) atoms. The monoisotopic (exact) mass is 258 g/mol. The number of methoxy groups -OCH3 is 1. The molecule has 0 aliphatic carbocycles. The third kappa shape index (κ3) is 2.28. The largest absolute Gasteiger partial charge is 0.497 e. The third-order valence-corrected chi connectivity index (χ3v) is 3.56. The van der Waals surface area contributed by atoms with Crippen LogP contribution < -0.4 is 15.4 Å². The van der Waals surface area contributed by atoms with Crippen molar-refractivity contribution in [3.05, 3.63) is 18.2 Å². The van der Waals surface area contributed by atoms with Crippen molar-refractivity contribution in [1.29, 1.82) is 0 Å². The molecule has 0 radical (unpaired) electrons. The molecular weight excluding hydrogens is 240 g/mol. The van der Waals surface area contributed by atoms with Gasteiger partial charge in [0.15, 0.2) is 0 Å². The number of nitrogens with two attached hydrogens (primary N) is 1. The van der Waals surface area contributed by atoms with Gasteiger partial charge < -0.3 is 15.4 Å². The Morgan fingerprint density at radius 3 is 2.68 bits per heavy atom. The van der Waals surface area contributed by atoms with Crippen LogP contribution in [0.15, 0.2) is 18.2 Å². The number of rotatable bonds is 2. The topological polar surface area (TPSA) is 64.3 Å². The Morgan fingerprint density at radius 2 is 1.95 bits per heavy atom. The maximum absolute atomic E-state index is 6.05. The molecule has 1 aliphatic rings. The molecule has 1 fully saturated rings. The van der Waals surface area contributed by atoms with Gasteiger partial charge in [-0.3, -0.25) is 0 Å². The van der Waals surface area contributed by atoms with Gasteiger partial charge in [0, 0.05) is 18.5 Å². The SMILES string of the molecule is COc1ccc2nc(N3CCCCC3)nc(N)c2c1. The van der Waals surface area contributed by atoms with Crippen molar-refractivity contribution in [2.24, 2.45) is 0 Å². The smallest absolute Gasteiger partial charge is 0.227 e. The zero-order chi connectivity index (χ0) is 13.2. The Morgan fingerprint density at radius 1 is 1.16 bits per heavy atom. The fourth-order valence-corrected chi connectivity index (χ4v) is 2.48. The number of benzene rings is 1. The van der Waals surface area contributed by atoms with Gasteiger partial charge in [0.25, 0.3) is 0 Å². The van der Waals surface area contributed by atoms with Gasteiger partial charge in [-0.25, -0.2) is 4.98 Å². The van der Waals surface area contributed by atoms with Crippen molar-refractivity contribution in [1.82, 2.24) is 9.97 Å². The lowest BCUT2D eigenvalue weighted by atomic mass is 10.1. The van der Waals surface area contributed by atoms with Crippen LogP contribution in [0, 0.1) is 0 Å². The Labute approximate surface area is 112 Å². The molecule has 1 aromatic carbocycles. The first-order valence-electron chi connectivity index (χ1n) is 6.64. The maximum Gasteiger partial charge on any atom is 0.227 e. The Kier molecular flexibility index (Phi) is 3.11. The van der Waals surface area contributed by atoms with E-state index in [0.717, 1.165) is 35.7 Å². The van der Waals surface area contributed by atoms with Crippen molar-refractivity contribution < 1.29 is 4.74 Å². The Bertz CT molecular complexity index is 593. The first-order chi connectivity index (χ1) is 9.28. The first-order valence-corrected chi connectivity index (χ1v) is 6.64. The highest BCUT2D eigenvalue weighted by Gasteiger charge is 2.15. The van der Waals surface area contributed by atoms with Crippen molar-refractivity contribution in [2.75, 3.05) is 30.8 Å². The molecule has 2 heterocycles. The van der Waals surface area contributed by atoms with E-state index in [1.54, 1.807) is 7.11 Å². The summed E-state index contributed by atoms with van der Waals surface area (Å²) in [5.74, 6) is 2.04. The molecule has 1 saturated heterocycles. The number of nitrogens with zero attached hydrogens (tertiary/aromatic N) is 3. The number of piperidine rings is 1. The predicted octanol–water partition coefficient (Wildman–Crippen LogP) is 2.21. The second-order valence-electron chi connectivity index (χ2n) is 4.84. The van der Waals surface area contributed by atoms with Gasteiger partial charge in [0.05, 0.1) is 12.6 Å². The van der Waals surface area contributed by atoms with Crippen molar-refractivity contribution in [2.45, 2.75) is 19.3 Å². The van der Waals surface area contributed by atoms with Crippen LogP contribution in [0.5, 0.6) is 5.75 Å². The van der Waals surface area contributed by atoms with Crippen molar-refractivity contribution in [3.63, 3.8) is 0 Å². The molecule has 0 unspecified atom stereocenters. The predicted molar refractivity (Wildman–Crippen MR) is 76.6 cm³/mol. The number of hydrogen-bond acceptors (Lipinski definition) is 5. The number of ether oxygens (including phenoxy) is 1. The van der Waals surface area contributed by atoms with Gasteiger partial charge in [-0.05, 0) is 37.5 Å². The highest BCUT2D eigenvalue weighted by molar-refractivity contribution is 5.90. The molecule has 0 spiro atoms. The van der Waals surface area contributed by atoms with E-state index in [2.05, 4.69) is 14.9 Å². The van der Waals surface area contributed by atoms with Gasteiger partial charge in [0.2, 0.25) is 5.95 Å². The number of aromatic nitrogens is 2. The Balaban J connectivity index is 2.03. The standard InChI is InChI=1S/C14H18N4O/c1-19-10-5-6-12-11(9-10)13(15)17-14(16-12)18-7-3-2-4-8-18/h5-6,9H,2-4,7-8H2,1H3,(H2,15,16,17). The minimum Gasteiger partial charge on any atom is -0.497 e. The molecule has 0 saturated carbocycles. The van der Waals surface area contributed by atoms with E-state index >= 15 is 0 Å². The Hall–Kier alpha value is -2.04. The van der Waals surface area contributed by atoms with E-state index in [1.807, 2.05) is 18.2 Å². The molecular formula is C14H18N4O. The molecule has 1 aromatic heterocycles. The van der Waals surface area contributed by atoms with Crippen LogP contribution in [0.2, 0.25) is 0 Å². The van der Waals surface area contributed by atoms with Crippen LogP contribution in [0.4, 0.5) is 11.8 Å². The summed E-state index contributed by atoms with van der Waals surface area (Å²) in [5.41, 5.74) is 6.92. The van der Waals surface area contributed by atoms with Crippen LogP contribution >= 0.6 is 0 Å². The molecule has 3 rings (SSSR count).